The summed E-state index contributed by atoms with van der Waals surface area (Å²) in [6, 6.07) is 10.7. The first kappa shape index (κ1) is 12.8. The Hall–Kier alpha value is -2.21. The second kappa shape index (κ2) is 4.72. The topological polar surface area (TPSA) is 49.6 Å². The highest BCUT2D eigenvalue weighted by atomic mass is 14.9. The molecule has 3 nitrogen and oxygen atoms in total. The molecule has 0 spiro atoms. The van der Waals surface area contributed by atoms with E-state index in [0.717, 1.165) is 17.7 Å². The number of benzene rings is 1. The van der Waals surface area contributed by atoms with Crippen LogP contribution in [0.25, 0.3) is 11.3 Å². The summed E-state index contributed by atoms with van der Waals surface area (Å²) in [5.74, 6) is 0.581. The van der Waals surface area contributed by atoms with E-state index in [4.69, 9.17) is 0 Å². The van der Waals surface area contributed by atoms with Gasteiger partial charge in [-0.3, -0.25) is 0 Å². The zero-order valence-corrected chi connectivity index (χ0v) is 11.8. The number of hydrogen-bond acceptors (Lipinski definition) is 3. The molecule has 0 amide bonds. The Morgan fingerprint density at radius 2 is 1.95 bits per heavy atom. The summed E-state index contributed by atoms with van der Waals surface area (Å²) in [5.41, 5.74) is 4.24. The Balaban J connectivity index is 2.03. The summed E-state index contributed by atoms with van der Waals surface area (Å²) in [7, 11) is 0. The molecular formula is C17H17N3. The molecule has 0 atom stereocenters. The maximum atomic E-state index is 9.21. The van der Waals surface area contributed by atoms with Gasteiger partial charge >= 0.3 is 0 Å². The van der Waals surface area contributed by atoms with E-state index in [2.05, 4.69) is 34.2 Å². The predicted molar refractivity (Wildman–Crippen MR) is 78.1 cm³/mol. The fourth-order valence-electron chi connectivity index (χ4n) is 2.60. The summed E-state index contributed by atoms with van der Waals surface area (Å²) in [6.45, 7) is 3.68. The summed E-state index contributed by atoms with van der Waals surface area (Å²) in [4.78, 5) is 8.82. The van der Waals surface area contributed by atoms with Crippen LogP contribution in [-0.4, -0.2) is 9.97 Å². The second-order valence-electron chi connectivity index (χ2n) is 5.84. The van der Waals surface area contributed by atoms with Gasteiger partial charge in [-0.1, -0.05) is 12.1 Å². The average molecular weight is 263 g/mol. The van der Waals surface area contributed by atoms with E-state index >= 15 is 0 Å². The van der Waals surface area contributed by atoms with Crippen molar-refractivity contribution in [1.82, 2.24) is 9.97 Å². The lowest BCUT2D eigenvalue weighted by Gasteiger charge is -2.14. The van der Waals surface area contributed by atoms with Gasteiger partial charge in [0.15, 0.2) is 0 Å². The normalized spacial score (nSPS) is 13.8. The molecule has 2 aromatic rings. The minimum Gasteiger partial charge on any atom is -0.240 e. The third-order valence-electron chi connectivity index (χ3n) is 3.89. The van der Waals surface area contributed by atoms with Crippen LogP contribution in [0.4, 0.5) is 0 Å². The maximum absolute atomic E-state index is 9.21. The molecule has 0 fully saturated rings. The van der Waals surface area contributed by atoms with Crippen molar-refractivity contribution in [2.75, 3.05) is 0 Å². The molecule has 0 saturated heterocycles. The number of nitrogens with zero attached hydrogens (tertiary/aromatic N) is 3. The van der Waals surface area contributed by atoms with E-state index in [9.17, 15) is 5.26 Å². The molecule has 3 rings (SSSR count). The number of hydrogen-bond donors (Lipinski definition) is 0. The fourth-order valence-corrected chi connectivity index (χ4v) is 2.60. The zero-order chi connectivity index (χ0) is 14.2. The quantitative estimate of drug-likeness (QED) is 0.834. The third-order valence-corrected chi connectivity index (χ3v) is 3.89. The van der Waals surface area contributed by atoms with Gasteiger partial charge in [0.25, 0.3) is 0 Å². The molecule has 1 aliphatic carbocycles. The van der Waals surface area contributed by atoms with Crippen LogP contribution in [0.1, 0.15) is 37.2 Å². The first-order valence-corrected chi connectivity index (χ1v) is 6.97. The van der Waals surface area contributed by atoms with Crippen LogP contribution >= 0.6 is 0 Å². The van der Waals surface area contributed by atoms with Gasteiger partial charge in [0, 0.05) is 11.8 Å². The zero-order valence-electron chi connectivity index (χ0n) is 11.8. The van der Waals surface area contributed by atoms with E-state index in [1.807, 2.05) is 19.9 Å². The molecule has 0 radical (unpaired) electrons. The van der Waals surface area contributed by atoms with Crippen molar-refractivity contribution in [3.63, 3.8) is 0 Å². The number of rotatable bonds is 2. The standard InChI is InChI=1S/C17H17N3/c1-17(2,11-18)16-19-9-8-15(20-16)14-7-6-12-4-3-5-13(12)10-14/h6-10H,3-5H2,1-2H3. The first-order chi connectivity index (χ1) is 9.60. The van der Waals surface area contributed by atoms with Gasteiger partial charge in [0.1, 0.15) is 11.2 Å². The molecule has 0 aliphatic heterocycles. The number of fused-ring (bicyclic) bond motifs is 1. The van der Waals surface area contributed by atoms with Crippen molar-refractivity contribution >= 4 is 0 Å². The van der Waals surface area contributed by atoms with Crippen LogP contribution in [0.15, 0.2) is 30.5 Å². The first-order valence-electron chi connectivity index (χ1n) is 6.97. The molecule has 1 aromatic carbocycles. The summed E-state index contributed by atoms with van der Waals surface area (Å²) >= 11 is 0. The lowest BCUT2D eigenvalue weighted by atomic mass is 9.94. The Labute approximate surface area is 119 Å². The molecule has 1 aliphatic rings. The number of aryl methyl sites for hydroxylation is 2. The Kier molecular flexibility index (Phi) is 3.02. The molecule has 0 N–H and O–H groups in total. The van der Waals surface area contributed by atoms with Gasteiger partial charge in [0.05, 0.1) is 11.8 Å². The van der Waals surface area contributed by atoms with E-state index in [-0.39, 0.29) is 0 Å². The molecule has 20 heavy (non-hydrogen) atoms. The second-order valence-corrected chi connectivity index (χ2v) is 5.84. The molecule has 0 saturated carbocycles. The van der Waals surface area contributed by atoms with Gasteiger partial charge in [-0.05, 0) is 56.4 Å². The van der Waals surface area contributed by atoms with E-state index in [1.54, 1.807) is 6.20 Å². The van der Waals surface area contributed by atoms with Gasteiger partial charge in [-0.15, -0.1) is 0 Å². The minimum atomic E-state index is -0.660. The van der Waals surface area contributed by atoms with Crippen LogP contribution in [-0.2, 0) is 18.3 Å². The molecule has 0 bridgehead atoms. The summed E-state index contributed by atoms with van der Waals surface area (Å²) in [5, 5.41) is 9.21. The SMILES string of the molecule is CC(C)(C#N)c1nccc(-c2ccc3c(c2)CCC3)n1. The van der Waals surface area contributed by atoms with Crippen molar-refractivity contribution in [3.05, 3.63) is 47.4 Å². The van der Waals surface area contributed by atoms with Crippen molar-refractivity contribution in [2.24, 2.45) is 0 Å². The fraction of sp³-hybridized carbons (Fsp3) is 0.353. The van der Waals surface area contributed by atoms with Crippen molar-refractivity contribution in [3.8, 4) is 17.3 Å². The number of aromatic nitrogens is 2. The average Bonchev–Trinajstić information content (AvgIpc) is 2.94. The summed E-state index contributed by atoms with van der Waals surface area (Å²) < 4.78 is 0. The van der Waals surface area contributed by atoms with Crippen LogP contribution in [0, 0.1) is 11.3 Å². The van der Waals surface area contributed by atoms with Gasteiger partial charge < -0.3 is 0 Å². The largest absolute Gasteiger partial charge is 0.240 e. The monoisotopic (exact) mass is 263 g/mol. The van der Waals surface area contributed by atoms with E-state index in [0.29, 0.717) is 5.82 Å². The lowest BCUT2D eigenvalue weighted by Crippen LogP contribution is -2.18. The van der Waals surface area contributed by atoms with Crippen molar-refractivity contribution in [2.45, 2.75) is 38.5 Å². The maximum Gasteiger partial charge on any atom is 0.148 e. The molecule has 100 valence electrons. The smallest absolute Gasteiger partial charge is 0.148 e. The highest BCUT2D eigenvalue weighted by molar-refractivity contribution is 5.61. The van der Waals surface area contributed by atoms with Gasteiger partial charge in [0.2, 0.25) is 0 Å². The molecular weight excluding hydrogens is 246 g/mol. The van der Waals surface area contributed by atoms with Gasteiger partial charge in [-0.2, -0.15) is 5.26 Å². The van der Waals surface area contributed by atoms with Crippen LogP contribution in [0.2, 0.25) is 0 Å². The Bertz CT molecular complexity index is 696. The lowest BCUT2D eigenvalue weighted by molar-refractivity contribution is 0.630. The predicted octanol–water partition coefficient (Wildman–Crippen LogP) is 3.43. The molecule has 3 heteroatoms. The van der Waals surface area contributed by atoms with Crippen molar-refractivity contribution < 1.29 is 0 Å². The van der Waals surface area contributed by atoms with Gasteiger partial charge in [-0.25, -0.2) is 9.97 Å². The van der Waals surface area contributed by atoms with Crippen LogP contribution in [0.3, 0.4) is 0 Å². The highest BCUT2D eigenvalue weighted by Crippen LogP contribution is 2.28. The highest BCUT2D eigenvalue weighted by Gasteiger charge is 2.23. The van der Waals surface area contributed by atoms with Crippen molar-refractivity contribution in [1.29, 1.82) is 5.26 Å². The molecule has 1 heterocycles. The number of nitriles is 1. The van der Waals surface area contributed by atoms with E-state index < -0.39 is 5.41 Å². The minimum absolute atomic E-state index is 0.581. The Morgan fingerprint density at radius 3 is 2.75 bits per heavy atom. The third kappa shape index (κ3) is 2.18. The van der Waals surface area contributed by atoms with E-state index in [1.165, 1.54) is 24.0 Å². The Morgan fingerprint density at radius 1 is 1.15 bits per heavy atom. The van der Waals surface area contributed by atoms with Crippen LogP contribution < -0.4 is 0 Å². The molecule has 0 unspecified atom stereocenters. The van der Waals surface area contributed by atoms with Crippen LogP contribution in [0.5, 0.6) is 0 Å². The summed E-state index contributed by atoms with van der Waals surface area (Å²) in [6.07, 6.45) is 5.33. The molecule has 1 aromatic heterocycles.